The Morgan fingerprint density at radius 3 is 2.30 bits per heavy atom. The van der Waals surface area contributed by atoms with E-state index in [4.69, 9.17) is 5.11 Å². The molecule has 168 valence electrons. The molecule has 0 fully saturated rings. The predicted molar refractivity (Wildman–Crippen MR) is 125 cm³/mol. The smallest absolute Gasteiger partial charge is 0.303 e. The van der Waals surface area contributed by atoms with E-state index < -0.39 is 5.97 Å². The number of aliphatic carboxylic acids is 1. The second kappa shape index (κ2) is 8.74. The van der Waals surface area contributed by atoms with Crippen LogP contribution in [-0.4, -0.2) is 28.4 Å². The third-order valence-electron chi connectivity index (χ3n) is 6.53. The largest absolute Gasteiger partial charge is 0.481 e. The van der Waals surface area contributed by atoms with Crippen molar-refractivity contribution in [2.45, 2.75) is 52.4 Å². The Morgan fingerprint density at radius 2 is 1.64 bits per heavy atom. The van der Waals surface area contributed by atoms with Crippen molar-refractivity contribution in [1.29, 1.82) is 0 Å². The molecule has 0 radical (unpaired) electrons. The van der Waals surface area contributed by atoms with Gasteiger partial charge in [-0.3, -0.25) is 19.2 Å². The zero-order valence-electron chi connectivity index (χ0n) is 18.9. The lowest BCUT2D eigenvalue weighted by atomic mass is 9.71. The van der Waals surface area contributed by atoms with E-state index in [0.717, 1.165) is 18.4 Å². The summed E-state index contributed by atoms with van der Waals surface area (Å²) in [5.74, 6) is -1.77. The molecule has 0 saturated heterocycles. The van der Waals surface area contributed by atoms with Crippen molar-refractivity contribution < 1.29 is 24.3 Å². The van der Waals surface area contributed by atoms with Crippen LogP contribution in [0.2, 0.25) is 0 Å². The number of rotatable bonds is 6. The van der Waals surface area contributed by atoms with Crippen molar-refractivity contribution in [1.82, 2.24) is 0 Å². The maximum Gasteiger partial charge on any atom is 0.303 e. The van der Waals surface area contributed by atoms with Gasteiger partial charge in [-0.15, -0.1) is 0 Å². The molecule has 0 aromatic heterocycles. The summed E-state index contributed by atoms with van der Waals surface area (Å²) in [4.78, 5) is 51.9. The lowest BCUT2D eigenvalue weighted by Crippen LogP contribution is -2.29. The Kier molecular flexibility index (Phi) is 5.98. The van der Waals surface area contributed by atoms with Gasteiger partial charge in [-0.2, -0.15) is 0 Å². The van der Waals surface area contributed by atoms with Crippen molar-refractivity contribution >= 4 is 23.3 Å². The summed E-state index contributed by atoms with van der Waals surface area (Å²) in [6, 6.07) is 4.90. The molecule has 5 nitrogen and oxygen atoms in total. The molecule has 0 saturated carbocycles. The molecule has 0 unspecified atom stereocenters. The molecule has 0 heterocycles. The Hall–Kier alpha value is -3.60. The molecule has 0 amide bonds. The second-order valence-corrected chi connectivity index (χ2v) is 8.66. The fraction of sp³-hybridized carbons (Fsp3) is 0.286. The first kappa shape index (κ1) is 22.6. The van der Waals surface area contributed by atoms with Gasteiger partial charge in [0.25, 0.3) is 0 Å². The van der Waals surface area contributed by atoms with E-state index in [9.17, 15) is 19.2 Å². The lowest BCUT2D eigenvalue weighted by Gasteiger charge is -2.30. The number of carbonyl (C=O) groups is 4. The second-order valence-electron chi connectivity index (χ2n) is 8.66. The van der Waals surface area contributed by atoms with E-state index in [1.165, 1.54) is 0 Å². The molecule has 0 aliphatic heterocycles. The quantitative estimate of drug-likeness (QED) is 0.647. The van der Waals surface area contributed by atoms with Crippen LogP contribution in [-0.2, 0) is 16.0 Å². The summed E-state index contributed by atoms with van der Waals surface area (Å²) < 4.78 is 0. The Labute approximate surface area is 192 Å². The van der Waals surface area contributed by atoms with E-state index in [0.29, 0.717) is 46.3 Å². The number of aryl methyl sites for hydroxylation is 1. The highest BCUT2D eigenvalue weighted by atomic mass is 16.4. The highest BCUT2D eigenvalue weighted by Gasteiger charge is 2.40. The number of carboxylic acid groups (broad SMARTS) is 1. The van der Waals surface area contributed by atoms with Crippen molar-refractivity contribution in [3.8, 4) is 0 Å². The van der Waals surface area contributed by atoms with E-state index in [1.54, 1.807) is 25.1 Å². The van der Waals surface area contributed by atoms with Gasteiger partial charge in [-0.25, -0.2) is 0 Å². The van der Waals surface area contributed by atoms with Crippen molar-refractivity contribution in [3.05, 3.63) is 92.6 Å². The van der Waals surface area contributed by atoms with Crippen molar-refractivity contribution in [2.75, 3.05) is 0 Å². The van der Waals surface area contributed by atoms with Gasteiger partial charge >= 0.3 is 5.97 Å². The number of hydrogen-bond donors (Lipinski definition) is 1. The number of carboxylic acids is 1. The topological polar surface area (TPSA) is 88.5 Å². The van der Waals surface area contributed by atoms with Gasteiger partial charge in [0.2, 0.25) is 0 Å². The zero-order chi connectivity index (χ0) is 23.9. The van der Waals surface area contributed by atoms with Crippen LogP contribution in [0.3, 0.4) is 0 Å². The number of ketones is 3. The first-order chi connectivity index (χ1) is 15.8. The van der Waals surface area contributed by atoms with E-state index in [-0.39, 0.29) is 46.9 Å². The molecule has 1 N–H and O–H groups in total. The predicted octanol–water partition coefficient (Wildman–Crippen LogP) is 5.28. The van der Waals surface area contributed by atoms with E-state index in [2.05, 4.69) is 6.58 Å². The van der Waals surface area contributed by atoms with Gasteiger partial charge in [0.15, 0.2) is 17.3 Å². The normalized spacial score (nSPS) is 18.2. The number of allylic oxidation sites excluding steroid dienone is 9. The minimum absolute atomic E-state index is 0.0729. The molecule has 3 aliphatic carbocycles. The summed E-state index contributed by atoms with van der Waals surface area (Å²) in [5.41, 5.74) is 4.73. The number of carbonyl (C=O) groups excluding carboxylic acids is 3. The molecule has 0 bridgehead atoms. The number of Topliss-reactive ketones (excluding diaryl/α,β-unsaturated/α-hetero) is 3. The third-order valence-corrected chi connectivity index (χ3v) is 6.53. The molecule has 1 aromatic carbocycles. The SMILES string of the molecule is C=C1C2=CCCC=C2C(=O)C(C2=C(CCC)C(=O)c3ccc(CCC(=O)O)cc3C2=O)=C1C. The van der Waals surface area contributed by atoms with Gasteiger partial charge in [-0.1, -0.05) is 44.2 Å². The zero-order valence-corrected chi connectivity index (χ0v) is 18.9. The van der Waals surface area contributed by atoms with Gasteiger partial charge in [0.05, 0.1) is 0 Å². The molecular formula is C28H26O5. The molecular weight excluding hydrogens is 416 g/mol. The van der Waals surface area contributed by atoms with E-state index in [1.807, 2.05) is 19.1 Å². The van der Waals surface area contributed by atoms with Crippen molar-refractivity contribution in [3.63, 3.8) is 0 Å². The number of benzene rings is 1. The first-order valence-electron chi connectivity index (χ1n) is 11.3. The summed E-state index contributed by atoms with van der Waals surface area (Å²) in [7, 11) is 0. The fourth-order valence-corrected chi connectivity index (χ4v) is 4.82. The molecule has 0 spiro atoms. The van der Waals surface area contributed by atoms with Crippen LogP contribution >= 0.6 is 0 Å². The number of fused-ring (bicyclic) bond motifs is 2. The van der Waals surface area contributed by atoms with Crippen LogP contribution in [0.4, 0.5) is 0 Å². The summed E-state index contributed by atoms with van der Waals surface area (Å²) in [6.07, 6.45) is 6.70. The standard InChI is InChI=1S/C28H26O5/c1-4-7-21-25(24-16(3)15(2)18-8-5-6-9-19(18)27(24)32)28(33)22-14-17(11-13-23(29)30)10-12-20(22)26(21)31/h8-10,12,14H,2,4-7,11,13H2,1,3H3,(H,29,30). The molecule has 5 heteroatoms. The maximum absolute atomic E-state index is 13.8. The average Bonchev–Trinajstić information content (AvgIpc) is 2.81. The Morgan fingerprint density at radius 1 is 0.939 bits per heavy atom. The molecule has 1 aromatic rings. The summed E-state index contributed by atoms with van der Waals surface area (Å²) >= 11 is 0. The highest BCUT2D eigenvalue weighted by Crippen LogP contribution is 2.43. The molecule has 33 heavy (non-hydrogen) atoms. The molecule has 3 aliphatic rings. The lowest BCUT2D eigenvalue weighted by molar-refractivity contribution is -0.137. The summed E-state index contributed by atoms with van der Waals surface area (Å²) in [6.45, 7) is 7.90. The minimum Gasteiger partial charge on any atom is -0.481 e. The Balaban J connectivity index is 1.90. The highest BCUT2D eigenvalue weighted by molar-refractivity contribution is 6.34. The molecule has 0 atom stereocenters. The Bertz CT molecular complexity index is 1260. The number of hydrogen-bond acceptors (Lipinski definition) is 4. The first-order valence-corrected chi connectivity index (χ1v) is 11.3. The average molecular weight is 443 g/mol. The summed E-state index contributed by atoms with van der Waals surface area (Å²) in [5, 5.41) is 9.00. The van der Waals surface area contributed by atoms with Crippen molar-refractivity contribution in [2.24, 2.45) is 0 Å². The van der Waals surface area contributed by atoms with Crippen LogP contribution in [0.5, 0.6) is 0 Å². The van der Waals surface area contributed by atoms with Crippen LogP contribution in [0, 0.1) is 0 Å². The van der Waals surface area contributed by atoms with Gasteiger partial charge in [-0.05, 0) is 61.0 Å². The van der Waals surface area contributed by atoms with Gasteiger partial charge in [0.1, 0.15) is 0 Å². The van der Waals surface area contributed by atoms with Gasteiger partial charge in [0, 0.05) is 39.8 Å². The van der Waals surface area contributed by atoms with Crippen LogP contribution in [0.25, 0.3) is 0 Å². The van der Waals surface area contributed by atoms with Crippen LogP contribution in [0.1, 0.15) is 72.2 Å². The van der Waals surface area contributed by atoms with Crippen LogP contribution < -0.4 is 0 Å². The van der Waals surface area contributed by atoms with Crippen LogP contribution in [0.15, 0.2) is 75.9 Å². The molecule has 4 rings (SSSR count). The minimum atomic E-state index is -0.933. The maximum atomic E-state index is 13.8. The van der Waals surface area contributed by atoms with Gasteiger partial charge < -0.3 is 5.11 Å². The third kappa shape index (κ3) is 3.78. The van der Waals surface area contributed by atoms with E-state index >= 15 is 0 Å². The fourth-order valence-electron chi connectivity index (χ4n) is 4.82. The monoisotopic (exact) mass is 442 g/mol.